The van der Waals surface area contributed by atoms with E-state index in [-0.39, 0.29) is 29.4 Å². The van der Waals surface area contributed by atoms with Crippen LogP contribution >= 0.6 is 11.8 Å². The second kappa shape index (κ2) is 9.97. The summed E-state index contributed by atoms with van der Waals surface area (Å²) in [6.07, 6.45) is 0. The molecule has 0 aliphatic carbocycles. The van der Waals surface area contributed by atoms with Gasteiger partial charge in [-0.2, -0.15) is 0 Å². The average Bonchev–Trinajstić information content (AvgIpc) is 2.66. The first-order valence-electron chi connectivity index (χ1n) is 8.51. The first-order chi connectivity index (χ1) is 12.5. The predicted octanol–water partition coefficient (Wildman–Crippen LogP) is 3.47. The fraction of sp³-hybridized carbons (Fsp3) is 0.300. The molecule has 0 aliphatic heterocycles. The molecule has 1 unspecified atom stereocenters. The smallest absolute Gasteiger partial charge is 0.239 e. The number of thioether (sulfide) groups is 1. The van der Waals surface area contributed by atoms with Gasteiger partial charge in [-0.25, -0.2) is 4.39 Å². The third kappa shape index (κ3) is 6.19. The van der Waals surface area contributed by atoms with Crippen LogP contribution in [0.3, 0.4) is 0 Å². The van der Waals surface area contributed by atoms with E-state index in [1.807, 2.05) is 44.2 Å². The molecule has 2 aromatic rings. The van der Waals surface area contributed by atoms with E-state index in [1.54, 1.807) is 17.0 Å². The number of carbonyl (C=O) groups excluding carboxylic acids is 2. The van der Waals surface area contributed by atoms with Crippen molar-refractivity contribution in [3.63, 3.8) is 0 Å². The third-order valence-corrected chi connectivity index (χ3v) is 4.93. The van der Waals surface area contributed by atoms with Crippen molar-refractivity contribution in [3.05, 3.63) is 66.0 Å². The standard InChI is InChI=1S/C20H23FN2O2S/c1-3-23(20(25)15(2)26-18-7-5-4-6-8-18)14-19(24)22-13-16-9-11-17(21)12-10-16/h4-12,15H,3,13-14H2,1-2H3,(H,22,24). The molecule has 2 amide bonds. The topological polar surface area (TPSA) is 49.4 Å². The van der Waals surface area contributed by atoms with Crippen molar-refractivity contribution in [2.24, 2.45) is 0 Å². The highest BCUT2D eigenvalue weighted by Gasteiger charge is 2.22. The predicted molar refractivity (Wildman–Crippen MR) is 102 cm³/mol. The van der Waals surface area contributed by atoms with Crippen molar-refractivity contribution in [2.75, 3.05) is 13.1 Å². The van der Waals surface area contributed by atoms with Crippen LogP contribution in [0.25, 0.3) is 0 Å². The van der Waals surface area contributed by atoms with Crippen molar-refractivity contribution < 1.29 is 14.0 Å². The van der Waals surface area contributed by atoms with Crippen molar-refractivity contribution in [1.82, 2.24) is 10.2 Å². The lowest BCUT2D eigenvalue weighted by molar-refractivity contribution is -0.135. The highest BCUT2D eigenvalue weighted by molar-refractivity contribution is 8.00. The molecule has 0 spiro atoms. The third-order valence-electron chi connectivity index (χ3n) is 3.83. The Bertz CT molecular complexity index is 722. The normalized spacial score (nSPS) is 11.7. The van der Waals surface area contributed by atoms with Crippen LogP contribution in [0.4, 0.5) is 4.39 Å². The van der Waals surface area contributed by atoms with Crippen LogP contribution in [0.15, 0.2) is 59.5 Å². The second-order valence-corrected chi connectivity index (χ2v) is 7.24. The number of nitrogens with zero attached hydrogens (tertiary/aromatic N) is 1. The van der Waals surface area contributed by atoms with Crippen molar-refractivity contribution in [2.45, 2.75) is 30.5 Å². The molecule has 0 saturated carbocycles. The fourth-order valence-corrected chi connectivity index (χ4v) is 3.36. The highest BCUT2D eigenvalue weighted by Crippen LogP contribution is 2.23. The van der Waals surface area contributed by atoms with Crippen LogP contribution in [0.1, 0.15) is 19.4 Å². The van der Waals surface area contributed by atoms with Gasteiger partial charge in [-0.3, -0.25) is 9.59 Å². The van der Waals surface area contributed by atoms with Gasteiger partial charge in [-0.1, -0.05) is 30.3 Å². The van der Waals surface area contributed by atoms with Gasteiger partial charge in [0.25, 0.3) is 0 Å². The van der Waals surface area contributed by atoms with E-state index in [2.05, 4.69) is 5.32 Å². The maximum absolute atomic E-state index is 12.9. The molecule has 1 N–H and O–H groups in total. The van der Waals surface area contributed by atoms with Crippen LogP contribution < -0.4 is 5.32 Å². The Morgan fingerprint density at radius 1 is 1.12 bits per heavy atom. The van der Waals surface area contributed by atoms with Crippen LogP contribution in [0, 0.1) is 5.82 Å². The van der Waals surface area contributed by atoms with E-state index >= 15 is 0 Å². The number of hydrogen-bond acceptors (Lipinski definition) is 3. The zero-order valence-corrected chi connectivity index (χ0v) is 15.8. The molecule has 0 bridgehead atoms. The van der Waals surface area contributed by atoms with Crippen LogP contribution in [0.2, 0.25) is 0 Å². The van der Waals surface area contributed by atoms with E-state index in [0.29, 0.717) is 13.1 Å². The summed E-state index contributed by atoms with van der Waals surface area (Å²) in [7, 11) is 0. The summed E-state index contributed by atoms with van der Waals surface area (Å²) >= 11 is 1.48. The molecule has 0 aromatic heterocycles. The van der Waals surface area contributed by atoms with Gasteiger partial charge >= 0.3 is 0 Å². The molecule has 2 aromatic carbocycles. The molecular weight excluding hydrogens is 351 g/mol. The number of benzene rings is 2. The summed E-state index contributed by atoms with van der Waals surface area (Å²) in [5.41, 5.74) is 0.808. The Morgan fingerprint density at radius 3 is 2.38 bits per heavy atom. The number of hydrogen-bond donors (Lipinski definition) is 1. The summed E-state index contributed by atoms with van der Waals surface area (Å²) < 4.78 is 12.9. The Kier molecular flexibility index (Phi) is 7.66. The number of carbonyl (C=O) groups is 2. The summed E-state index contributed by atoms with van der Waals surface area (Å²) in [4.78, 5) is 27.3. The van der Waals surface area contributed by atoms with Gasteiger partial charge in [-0.15, -0.1) is 11.8 Å². The molecule has 0 aliphatic rings. The quantitative estimate of drug-likeness (QED) is 0.720. The van der Waals surface area contributed by atoms with E-state index in [0.717, 1.165) is 10.5 Å². The molecular formula is C20H23FN2O2S. The van der Waals surface area contributed by atoms with Gasteiger partial charge in [0.15, 0.2) is 0 Å². The summed E-state index contributed by atoms with van der Waals surface area (Å²) in [5, 5.41) is 2.49. The molecule has 1 atom stereocenters. The van der Waals surface area contributed by atoms with Crippen molar-refractivity contribution in [3.8, 4) is 0 Å². The number of nitrogens with one attached hydrogen (secondary N) is 1. The second-order valence-electron chi connectivity index (χ2n) is 5.83. The van der Waals surface area contributed by atoms with Gasteiger partial charge < -0.3 is 10.2 Å². The average molecular weight is 374 g/mol. The van der Waals surface area contributed by atoms with E-state index in [1.165, 1.54) is 23.9 Å². The van der Waals surface area contributed by atoms with Gasteiger partial charge in [-0.05, 0) is 43.7 Å². The maximum atomic E-state index is 12.9. The minimum Gasteiger partial charge on any atom is -0.350 e. The maximum Gasteiger partial charge on any atom is 0.239 e. The van der Waals surface area contributed by atoms with E-state index < -0.39 is 0 Å². The number of halogens is 1. The van der Waals surface area contributed by atoms with E-state index in [9.17, 15) is 14.0 Å². The first kappa shape index (κ1) is 20.0. The largest absolute Gasteiger partial charge is 0.350 e. The van der Waals surface area contributed by atoms with Gasteiger partial charge in [0.2, 0.25) is 11.8 Å². The fourth-order valence-electron chi connectivity index (χ4n) is 2.39. The zero-order chi connectivity index (χ0) is 18.9. The molecule has 0 fully saturated rings. The Balaban J connectivity index is 1.85. The number of amides is 2. The minimum absolute atomic E-state index is 0.0101. The van der Waals surface area contributed by atoms with Crippen LogP contribution in [-0.4, -0.2) is 35.1 Å². The van der Waals surface area contributed by atoms with Crippen LogP contribution in [-0.2, 0) is 16.1 Å². The molecule has 0 saturated heterocycles. The van der Waals surface area contributed by atoms with Gasteiger partial charge in [0.05, 0.1) is 11.8 Å². The lowest BCUT2D eigenvalue weighted by atomic mass is 10.2. The minimum atomic E-state index is -0.312. The molecule has 0 radical (unpaired) electrons. The molecule has 0 heterocycles. The monoisotopic (exact) mass is 374 g/mol. The SMILES string of the molecule is CCN(CC(=O)NCc1ccc(F)cc1)C(=O)C(C)Sc1ccccc1. The Hall–Kier alpha value is -2.34. The molecule has 138 valence electrons. The molecule has 6 heteroatoms. The van der Waals surface area contributed by atoms with Gasteiger partial charge in [0.1, 0.15) is 5.82 Å². The van der Waals surface area contributed by atoms with Crippen molar-refractivity contribution >= 4 is 23.6 Å². The first-order valence-corrected chi connectivity index (χ1v) is 9.39. The van der Waals surface area contributed by atoms with Gasteiger partial charge in [0, 0.05) is 18.0 Å². The number of likely N-dealkylation sites (N-methyl/N-ethyl adjacent to an activating group) is 1. The number of rotatable bonds is 8. The lowest BCUT2D eigenvalue weighted by Crippen LogP contribution is -2.43. The zero-order valence-electron chi connectivity index (χ0n) is 14.9. The molecule has 4 nitrogen and oxygen atoms in total. The molecule has 26 heavy (non-hydrogen) atoms. The van der Waals surface area contributed by atoms with Crippen molar-refractivity contribution in [1.29, 1.82) is 0 Å². The Morgan fingerprint density at radius 2 is 1.77 bits per heavy atom. The highest BCUT2D eigenvalue weighted by atomic mass is 32.2. The summed E-state index contributed by atoms with van der Waals surface area (Å²) in [5.74, 6) is -0.618. The van der Waals surface area contributed by atoms with Crippen LogP contribution in [0.5, 0.6) is 0 Å². The summed E-state index contributed by atoms with van der Waals surface area (Å²) in [6, 6.07) is 15.7. The van der Waals surface area contributed by atoms with E-state index in [4.69, 9.17) is 0 Å². The Labute approximate surface area is 157 Å². The summed E-state index contributed by atoms with van der Waals surface area (Å²) in [6.45, 7) is 4.47. The molecule has 2 rings (SSSR count). The lowest BCUT2D eigenvalue weighted by Gasteiger charge is -2.23.